The standard InChI is InChI=1S/C18H30N2O2/c1-4-21-12-11-20-9-8-19(15-17(20)3)10-13-22-18-7-5-6-16(2)14-18/h5-7,14,17H,4,8-13,15H2,1-3H3. The second-order valence-corrected chi connectivity index (χ2v) is 6.05. The van der Waals surface area contributed by atoms with Gasteiger partial charge in [-0.25, -0.2) is 0 Å². The largest absolute Gasteiger partial charge is 0.492 e. The van der Waals surface area contributed by atoms with Crippen molar-refractivity contribution in [3.8, 4) is 5.75 Å². The molecule has 0 amide bonds. The number of benzene rings is 1. The summed E-state index contributed by atoms with van der Waals surface area (Å²) in [5.41, 5.74) is 1.24. The summed E-state index contributed by atoms with van der Waals surface area (Å²) in [5, 5.41) is 0. The first-order chi connectivity index (χ1) is 10.7. The maximum absolute atomic E-state index is 5.86. The van der Waals surface area contributed by atoms with Crippen LogP contribution in [0.15, 0.2) is 24.3 Å². The van der Waals surface area contributed by atoms with Crippen molar-refractivity contribution in [1.82, 2.24) is 9.80 Å². The molecule has 0 aromatic heterocycles. The third kappa shape index (κ3) is 5.59. The highest BCUT2D eigenvalue weighted by Crippen LogP contribution is 2.13. The average molecular weight is 306 g/mol. The highest BCUT2D eigenvalue weighted by Gasteiger charge is 2.22. The van der Waals surface area contributed by atoms with E-state index in [0.29, 0.717) is 6.04 Å². The Bertz CT molecular complexity index is 439. The van der Waals surface area contributed by atoms with E-state index in [1.54, 1.807) is 0 Å². The molecule has 4 heteroatoms. The topological polar surface area (TPSA) is 24.9 Å². The molecule has 1 aliphatic heterocycles. The molecule has 0 saturated carbocycles. The molecular weight excluding hydrogens is 276 g/mol. The molecule has 4 nitrogen and oxygen atoms in total. The highest BCUT2D eigenvalue weighted by molar-refractivity contribution is 5.27. The molecule has 124 valence electrons. The number of piperazine rings is 1. The fourth-order valence-electron chi connectivity index (χ4n) is 2.93. The minimum Gasteiger partial charge on any atom is -0.492 e. The Labute approximate surface area is 135 Å². The monoisotopic (exact) mass is 306 g/mol. The van der Waals surface area contributed by atoms with Gasteiger partial charge in [0, 0.05) is 45.4 Å². The van der Waals surface area contributed by atoms with Gasteiger partial charge >= 0.3 is 0 Å². The first-order valence-electron chi connectivity index (χ1n) is 8.42. The lowest BCUT2D eigenvalue weighted by Gasteiger charge is -2.39. The zero-order valence-corrected chi connectivity index (χ0v) is 14.3. The molecule has 2 rings (SSSR count). The molecule has 0 bridgehead atoms. The third-order valence-electron chi connectivity index (χ3n) is 4.24. The van der Waals surface area contributed by atoms with Crippen molar-refractivity contribution in [2.24, 2.45) is 0 Å². The van der Waals surface area contributed by atoms with E-state index >= 15 is 0 Å². The van der Waals surface area contributed by atoms with Crippen LogP contribution in [0.25, 0.3) is 0 Å². The maximum atomic E-state index is 5.86. The minimum atomic E-state index is 0.591. The molecule has 0 radical (unpaired) electrons. The Morgan fingerprint density at radius 1 is 1.18 bits per heavy atom. The normalized spacial score (nSPS) is 20.2. The molecule has 1 saturated heterocycles. The first kappa shape index (κ1) is 17.3. The van der Waals surface area contributed by atoms with E-state index in [2.05, 4.69) is 42.7 Å². The van der Waals surface area contributed by atoms with Gasteiger partial charge in [0.2, 0.25) is 0 Å². The van der Waals surface area contributed by atoms with Crippen molar-refractivity contribution in [2.75, 3.05) is 52.5 Å². The van der Waals surface area contributed by atoms with E-state index < -0.39 is 0 Å². The SMILES string of the molecule is CCOCCN1CCN(CCOc2cccc(C)c2)CC1C. The van der Waals surface area contributed by atoms with Crippen LogP contribution in [0.1, 0.15) is 19.4 Å². The van der Waals surface area contributed by atoms with Crippen molar-refractivity contribution in [1.29, 1.82) is 0 Å². The van der Waals surface area contributed by atoms with Crippen molar-refractivity contribution in [3.05, 3.63) is 29.8 Å². The average Bonchev–Trinajstić information content (AvgIpc) is 2.50. The Morgan fingerprint density at radius 2 is 2.05 bits per heavy atom. The fraction of sp³-hybridized carbons (Fsp3) is 0.667. The van der Waals surface area contributed by atoms with Crippen LogP contribution in [0.3, 0.4) is 0 Å². The van der Waals surface area contributed by atoms with E-state index in [1.165, 1.54) is 5.56 Å². The Hall–Kier alpha value is -1.10. The van der Waals surface area contributed by atoms with E-state index in [1.807, 2.05) is 12.1 Å². The van der Waals surface area contributed by atoms with Crippen LogP contribution >= 0.6 is 0 Å². The first-order valence-corrected chi connectivity index (χ1v) is 8.42. The lowest BCUT2D eigenvalue weighted by Crippen LogP contribution is -2.53. The molecule has 1 atom stereocenters. The molecule has 22 heavy (non-hydrogen) atoms. The molecule has 1 fully saturated rings. The summed E-state index contributed by atoms with van der Waals surface area (Å²) in [6.07, 6.45) is 0. The molecule has 1 unspecified atom stereocenters. The molecule has 1 heterocycles. The van der Waals surface area contributed by atoms with Crippen LogP contribution in [0, 0.1) is 6.92 Å². The van der Waals surface area contributed by atoms with Gasteiger partial charge in [0.05, 0.1) is 6.61 Å². The molecule has 0 aliphatic carbocycles. The Kier molecular flexibility index (Phi) is 7.16. The molecule has 0 N–H and O–H groups in total. The summed E-state index contributed by atoms with van der Waals surface area (Å²) < 4.78 is 11.3. The van der Waals surface area contributed by atoms with Crippen LogP contribution in [0.5, 0.6) is 5.75 Å². The second kappa shape index (κ2) is 9.13. The summed E-state index contributed by atoms with van der Waals surface area (Å²) in [5.74, 6) is 0.975. The molecule has 1 aromatic rings. The van der Waals surface area contributed by atoms with Crippen LogP contribution in [0.2, 0.25) is 0 Å². The lowest BCUT2D eigenvalue weighted by molar-refractivity contribution is 0.0447. The van der Waals surface area contributed by atoms with Gasteiger partial charge in [0.15, 0.2) is 0 Å². The quantitative estimate of drug-likeness (QED) is 0.689. The van der Waals surface area contributed by atoms with E-state index in [9.17, 15) is 0 Å². The highest BCUT2D eigenvalue weighted by atomic mass is 16.5. The van der Waals surface area contributed by atoms with Crippen LogP contribution in [0.4, 0.5) is 0 Å². The van der Waals surface area contributed by atoms with Gasteiger partial charge in [0.1, 0.15) is 12.4 Å². The third-order valence-corrected chi connectivity index (χ3v) is 4.24. The van der Waals surface area contributed by atoms with Gasteiger partial charge in [-0.05, 0) is 38.5 Å². The Balaban J connectivity index is 1.66. The molecule has 0 spiro atoms. The number of hydrogen-bond donors (Lipinski definition) is 0. The number of hydrogen-bond acceptors (Lipinski definition) is 4. The number of rotatable bonds is 8. The number of nitrogens with zero attached hydrogens (tertiary/aromatic N) is 2. The molecular formula is C18H30N2O2. The van der Waals surface area contributed by atoms with Crippen molar-refractivity contribution < 1.29 is 9.47 Å². The number of ether oxygens (including phenoxy) is 2. The van der Waals surface area contributed by atoms with E-state index in [-0.39, 0.29) is 0 Å². The van der Waals surface area contributed by atoms with Crippen molar-refractivity contribution in [3.63, 3.8) is 0 Å². The van der Waals surface area contributed by atoms with Gasteiger partial charge < -0.3 is 9.47 Å². The van der Waals surface area contributed by atoms with Crippen LogP contribution in [-0.2, 0) is 4.74 Å². The van der Waals surface area contributed by atoms with Gasteiger partial charge in [-0.2, -0.15) is 0 Å². The smallest absolute Gasteiger partial charge is 0.119 e. The van der Waals surface area contributed by atoms with E-state index in [0.717, 1.165) is 58.3 Å². The van der Waals surface area contributed by atoms with Crippen molar-refractivity contribution in [2.45, 2.75) is 26.8 Å². The summed E-state index contributed by atoms with van der Waals surface area (Å²) >= 11 is 0. The maximum Gasteiger partial charge on any atom is 0.119 e. The summed E-state index contributed by atoms with van der Waals surface area (Å²) in [7, 11) is 0. The summed E-state index contributed by atoms with van der Waals surface area (Å²) in [4.78, 5) is 5.02. The van der Waals surface area contributed by atoms with Crippen molar-refractivity contribution >= 4 is 0 Å². The second-order valence-electron chi connectivity index (χ2n) is 6.05. The fourth-order valence-corrected chi connectivity index (χ4v) is 2.93. The van der Waals surface area contributed by atoms with Gasteiger partial charge in [-0.3, -0.25) is 9.80 Å². The zero-order chi connectivity index (χ0) is 15.8. The summed E-state index contributed by atoms with van der Waals surface area (Å²) in [6, 6.07) is 8.85. The van der Waals surface area contributed by atoms with Gasteiger partial charge in [-0.1, -0.05) is 12.1 Å². The predicted molar refractivity (Wildman–Crippen MR) is 90.6 cm³/mol. The van der Waals surface area contributed by atoms with Crippen LogP contribution in [-0.4, -0.2) is 68.4 Å². The minimum absolute atomic E-state index is 0.591. The van der Waals surface area contributed by atoms with Crippen LogP contribution < -0.4 is 4.74 Å². The summed E-state index contributed by atoms with van der Waals surface area (Å²) in [6.45, 7) is 14.3. The zero-order valence-electron chi connectivity index (χ0n) is 14.3. The lowest BCUT2D eigenvalue weighted by atomic mass is 10.2. The van der Waals surface area contributed by atoms with E-state index in [4.69, 9.17) is 9.47 Å². The Morgan fingerprint density at radius 3 is 2.77 bits per heavy atom. The molecule has 1 aliphatic rings. The number of aryl methyl sites for hydroxylation is 1. The van der Waals surface area contributed by atoms with Gasteiger partial charge in [0.25, 0.3) is 0 Å². The molecule has 1 aromatic carbocycles. The van der Waals surface area contributed by atoms with Gasteiger partial charge in [-0.15, -0.1) is 0 Å². The predicted octanol–water partition coefficient (Wildman–Crippen LogP) is 2.42.